The van der Waals surface area contributed by atoms with E-state index in [1.165, 1.54) is 23.1 Å². The second-order valence-corrected chi connectivity index (χ2v) is 13.6. The molecule has 0 bridgehead atoms. The van der Waals surface area contributed by atoms with Crippen LogP contribution in [0.1, 0.15) is 30.0 Å². The highest BCUT2D eigenvalue weighted by Gasteiger charge is 2.35. The number of para-hydroxylation sites is 1. The minimum absolute atomic E-state index is 0.00496. The van der Waals surface area contributed by atoms with Gasteiger partial charge in [0.25, 0.3) is 10.0 Å². The molecule has 4 aromatic carbocycles. The minimum atomic E-state index is -4.27. The molecule has 0 heterocycles. The van der Waals surface area contributed by atoms with Gasteiger partial charge in [-0.2, -0.15) is 0 Å². The molecule has 7 nitrogen and oxygen atoms in total. The van der Waals surface area contributed by atoms with Crippen molar-refractivity contribution >= 4 is 62.3 Å². The van der Waals surface area contributed by atoms with Crippen LogP contribution in [0, 0.1) is 6.92 Å². The van der Waals surface area contributed by atoms with E-state index in [-0.39, 0.29) is 34.5 Å². The van der Waals surface area contributed by atoms with E-state index in [4.69, 9.17) is 34.8 Å². The minimum Gasteiger partial charge on any atom is -0.354 e. The fraction of sp³-hybridized carbons (Fsp3) is 0.235. The zero-order valence-corrected chi connectivity index (χ0v) is 28.0. The molecule has 0 aliphatic carbocycles. The van der Waals surface area contributed by atoms with E-state index in [9.17, 15) is 18.0 Å². The molecule has 0 saturated heterocycles. The number of hydrogen-bond donors (Lipinski definition) is 1. The van der Waals surface area contributed by atoms with Gasteiger partial charge in [-0.05, 0) is 60.9 Å². The first-order valence-electron chi connectivity index (χ1n) is 14.4. The summed E-state index contributed by atoms with van der Waals surface area (Å²) in [6, 6.07) is 26.0. The summed E-state index contributed by atoms with van der Waals surface area (Å²) in [5.41, 5.74) is 2.38. The Morgan fingerprint density at radius 3 is 2.16 bits per heavy atom. The maximum atomic E-state index is 14.5. The van der Waals surface area contributed by atoms with E-state index in [1.807, 2.05) is 44.2 Å². The Hall–Kier alpha value is -3.56. The van der Waals surface area contributed by atoms with Gasteiger partial charge >= 0.3 is 0 Å². The van der Waals surface area contributed by atoms with Crippen LogP contribution in [0.25, 0.3) is 0 Å². The molecule has 0 saturated carbocycles. The number of benzene rings is 4. The molecule has 4 rings (SSSR count). The summed E-state index contributed by atoms with van der Waals surface area (Å²) in [6.45, 7) is 3.48. The first kappa shape index (κ1) is 34.3. The van der Waals surface area contributed by atoms with Crippen molar-refractivity contribution in [2.24, 2.45) is 0 Å². The lowest BCUT2D eigenvalue weighted by Crippen LogP contribution is -2.53. The Balaban J connectivity index is 1.82. The van der Waals surface area contributed by atoms with Gasteiger partial charge in [-0.1, -0.05) is 108 Å². The van der Waals surface area contributed by atoms with Gasteiger partial charge in [-0.25, -0.2) is 8.42 Å². The molecule has 45 heavy (non-hydrogen) atoms. The van der Waals surface area contributed by atoms with Crippen LogP contribution in [0.15, 0.2) is 102 Å². The number of hydrogen-bond acceptors (Lipinski definition) is 4. The lowest BCUT2D eigenvalue weighted by molar-refractivity contribution is -0.140. The first-order chi connectivity index (χ1) is 21.5. The number of aryl methyl sites for hydroxylation is 1. The summed E-state index contributed by atoms with van der Waals surface area (Å²) in [4.78, 5) is 29.6. The SMILES string of the molecule is CCCNC(=O)[C@H](Cc1ccccc1)N(Cc1ccc(Cl)cc1Cl)C(=O)CN(c1ccccc1Cl)S(=O)(=O)c1ccc(C)cc1. The van der Waals surface area contributed by atoms with Crippen molar-refractivity contribution in [2.45, 2.75) is 44.2 Å². The average Bonchev–Trinajstić information content (AvgIpc) is 3.02. The molecule has 0 aliphatic rings. The summed E-state index contributed by atoms with van der Waals surface area (Å²) < 4.78 is 29.2. The molecule has 236 valence electrons. The van der Waals surface area contributed by atoms with E-state index >= 15 is 0 Å². The van der Waals surface area contributed by atoms with Crippen molar-refractivity contribution in [1.82, 2.24) is 10.2 Å². The molecule has 0 spiro atoms. The number of carbonyl (C=O) groups excluding carboxylic acids is 2. The molecule has 4 aromatic rings. The van der Waals surface area contributed by atoms with Gasteiger partial charge in [0.2, 0.25) is 11.8 Å². The summed E-state index contributed by atoms with van der Waals surface area (Å²) in [5.74, 6) is -0.992. The van der Waals surface area contributed by atoms with Crippen LogP contribution in [-0.2, 0) is 32.6 Å². The van der Waals surface area contributed by atoms with Crippen LogP contribution < -0.4 is 9.62 Å². The molecular formula is C34H34Cl3N3O4S. The lowest BCUT2D eigenvalue weighted by Gasteiger charge is -2.34. The number of rotatable bonds is 13. The summed E-state index contributed by atoms with van der Waals surface area (Å²) in [6.07, 6.45) is 0.875. The van der Waals surface area contributed by atoms with Crippen molar-refractivity contribution in [3.8, 4) is 0 Å². The second kappa shape index (κ2) is 15.6. The van der Waals surface area contributed by atoms with Gasteiger partial charge in [-0.3, -0.25) is 13.9 Å². The molecular weight excluding hydrogens is 653 g/mol. The third-order valence-electron chi connectivity index (χ3n) is 7.19. The van der Waals surface area contributed by atoms with E-state index in [1.54, 1.807) is 48.5 Å². The van der Waals surface area contributed by atoms with Crippen LogP contribution in [0.2, 0.25) is 15.1 Å². The van der Waals surface area contributed by atoms with Gasteiger partial charge in [0, 0.05) is 29.6 Å². The van der Waals surface area contributed by atoms with Gasteiger partial charge in [0.05, 0.1) is 15.6 Å². The summed E-state index contributed by atoms with van der Waals surface area (Å²) >= 11 is 19.2. The predicted molar refractivity (Wildman–Crippen MR) is 181 cm³/mol. The normalized spacial score (nSPS) is 11.9. The molecule has 0 aliphatic heterocycles. The van der Waals surface area contributed by atoms with E-state index in [2.05, 4.69) is 5.32 Å². The molecule has 0 aromatic heterocycles. The van der Waals surface area contributed by atoms with Gasteiger partial charge in [0.1, 0.15) is 12.6 Å². The standard InChI is InChI=1S/C34H34Cl3N3O4S/c1-3-19-38-34(42)32(20-25-9-5-4-6-10-25)39(22-26-15-16-27(35)21-30(26)37)33(41)23-40(31-12-8-7-11-29(31)36)45(43,44)28-17-13-24(2)14-18-28/h4-18,21,32H,3,19-20,22-23H2,1-2H3,(H,38,42)/t32-/m0/s1. The smallest absolute Gasteiger partial charge is 0.264 e. The number of amides is 2. The summed E-state index contributed by atoms with van der Waals surface area (Å²) in [7, 11) is -4.27. The number of sulfonamides is 1. The summed E-state index contributed by atoms with van der Waals surface area (Å²) in [5, 5.41) is 3.78. The molecule has 0 radical (unpaired) electrons. The Morgan fingerprint density at radius 2 is 1.51 bits per heavy atom. The quantitative estimate of drug-likeness (QED) is 0.160. The van der Waals surface area contributed by atoms with Gasteiger partial charge in [0.15, 0.2) is 0 Å². The number of nitrogens with zero attached hydrogens (tertiary/aromatic N) is 2. The Morgan fingerprint density at radius 1 is 0.844 bits per heavy atom. The molecule has 1 atom stereocenters. The fourth-order valence-electron chi connectivity index (χ4n) is 4.76. The van der Waals surface area contributed by atoms with Crippen LogP contribution in [-0.4, -0.2) is 44.3 Å². The van der Waals surface area contributed by atoms with Gasteiger partial charge in [-0.15, -0.1) is 0 Å². The highest BCUT2D eigenvalue weighted by Crippen LogP contribution is 2.31. The van der Waals surface area contributed by atoms with E-state index in [0.29, 0.717) is 28.6 Å². The van der Waals surface area contributed by atoms with Crippen molar-refractivity contribution < 1.29 is 18.0 Å². The van der Waals surface area contributed by atoms with E-state index < -0.39 is 28.5 Å². The first-order valence-corrected chi connectivity index (χ1v) is 17.0. The Kier molecular flexibility index (Phi) is 11.9. The highest BCUT2D eigenvalue weighted by molar-refractivity contribution is 7.92. The van der Waals surface area contributed by atoms with Gasteiger partial charge < -0.3 is 10.2 Å². The fourth-order valence-corrected chi connectivity index (χ4v) is 6.95. The number of nitrogens with one attached hydrogen (secondary N) is 1. The monoisotopic (exact) mass is 685 g/mol. The maximum Gasteiger partial charge on any atom is 0.264 e. The topological polar surface area (TPSA) is 86.8 Å². The molecule has 1 N–H and O–H groups in total. The lowest BCUT2D eigenvalue weighted by atomic mass is 10.0. The largest absolute Gasteiger partial charge is 0.354 e. The highest BCUT2D eigenvalue weighted by atomic mass is 35.5. The number of carbonyl (C=O) groups is 2. The van der Waals surface area contributed by atoms with Crippen LogP contribution in [0.4, 0.5) is 5.69 Å². The second-order valence-electron chi connectivity index (χ2n) is 10.5. The number of anilines is 1. The number of halogens is 3. The van der Waals surface area contributed by atoms with Crippen LogP contribution in [0.3, 0.4) is 0 Å². The van der Waals surface area contributed by atoms with Crippen molar-refractivity contribution in [3.63, 3.8) is 0 Å². The average molecular weight is 687 g/mol. The Labute approximate surface area is 279 Å². The molecule has 11 heteroatoms. The molecule has 0 fully saturated rings. The van der Waals surface area contributed by atoms with E-state index in [0.717, 1.165) is 15.4 Å². The third-order valence-corrected chi connectivity index (χ3v) is 9.87. The Bertz CT molecular complexity index is 1740. The van der Waals surface area contributed by atoms with Crippen LogP contribution in [0.5, 0.6) is 0 Å². The van der Waals surface area contributed by atoms with Crippen LogP contribution >= 0.6 is 34.8 Å². The zero-order chi connectivity index (χ0) is 32.6. The predicted octanol–water partition coefficient (Wildman–Crippen LogP) is 7.32. The molecule has 0 unspecified atom stereocenters. The third kappa shape index (κ3) is 8.79. The van der Waals surface area contributed by atoms with Crippen molar-refractivity contribution in [1.29, 1.82) is 0 Å². The molecule has 2 amide bonds. The van der Waals surface area contributed by atoms with Crippen molar-refractivity contribution in [3.05, 3.63) is 129 Å². The zero-order valence-electron chi connectivity index (χ0n) is 24.9. The maximum absolute atomic E-state index is 14.5. The van der Waals surface area contributed by atoms with Crippen molar-refractivity contribution in [2.75, 3.05) is 17.4 Å².